The number of hydrogen-bond acceptors (Lipinski definition) is 7. The molecule has 2 aromatic carbocycles. The first kappa shape index (κ1) is 31.4. The third-order valence-corrected chi connectivity index (χ3v) is 7.27. The molecular weight excluding hydrogens is 546 g/mol. The highest BCUT2D eigenvalue weighted by atomic mass is 35.5. The molecule has 0 saturated carbocycles. The lowest BCUT2D eigenvalue weighted by Gasteiger charge is -2.34. The van der Waals surface area contributed by atoms with Gasteiger partial charge in [-0.05, 0) is 68.7 Å². The first-order valence-electron chi connectivity index (χ1n) is 13.5. The zero-order chi connectivity index (χ0) is 28.9. The lowest BCUT2D eigenvalue weighted by molar-refractivity contribution is -0.145. The Hall–Kier alpha value is -4.12. The first-order valence-corrected chi connectivity index (χ1v) is 13.5. The highest BCUT2D eigenvalue weighted by molar-refractivity contribution is 5.95. The summed E-state index contributed by atoms with van der Waals surface area (Å²) in [7, 11) is 1.93. The Morgan fingerprint density at radius 1 is 1.10 bits per heavy atom. The number of ether oxygens (including phenoxy) is 1. The number of nitrogens with zero attached hydrogens (tertiary/aromatic N) is 3. The number of aromatic nitrogens is 2. The Labute approximate surface area is 245 Å². The molecule has 2 amide bonds. The summed E-state index contributed by atoms with van der Waals surface area (Å²) < 4.78 is 6.92. The number of nitrogen functional groups attached to an aromatic ring is 1. The smallest absolute Gasteiger partial charge is 0.306 e. The van der Waals surface area contributed by atoms with Gasteiger partial charge in [-0.2, -0.15) is 0 Å². The van der Waals surface area contributed by atoms with Crippen LogP contribution in [0, 0.1) is 5.41 Å². The number of nitrogens with two attached hydrogens (primary N) is 1. The van der Waals surface area contributed by atoms with E-state index < -0.39 is 17.4 Å². The minimum atomic E-state index is -1.32. The molecule has 1 aromatic heterocycles. The number of likely N-dealkylation sites (tertiary alicyclic amines) is 1. The van der Waals surface area contributed by atoms with Gasteiger partial charge >= 0.3 is 5.97 Å². The van der Waals surface area contributed by atoms with E-state index in [-0.39, 0.29) is 43.6 Å². The topological polar surface area (TPSA) is 155 Å². The van der Waals surface area contributed by atoms with Gasteiger partial charge in [0.25, 0.3) is 5.91 Å². The van der Waals surface area contributed by atoms with Crippen LogP contribution in [0.1, 0.15) is 56.5 Å². The second-order valence-electron chi connectivity index (χ2n) is 10.1. The van der Waals surface area contributed by atoms with Gasteiger partial charge in [0, 0.05) is 37.8 Å². The van der Waals surface area contributed by atoms with Gasteiger partial charge in [-0.25, -0.2) is 4.98 Å². The van der Waals surface area contributed by atoms with Crippen LogP contribution in [-0.2, 0) is 38.3 Å². The number of aryl methyl sites for hydroxylation is 1. The number of esters is 1. The molecule has 1 saturated heterocycles. The van der Waals surface area contributed by atoms with Crippen molar-refractivity contribution in [1.29, 1.82) is 5.41 Å². The van der Waals surface area contributed by atoms with Crippen LogP contribution in [0.3, 0.4) is 0 Å². The van der Waals surface area contributed by atoms with Gasteiger partial charge < -0.3 is 30.6 Å². The van der Waals surface area contributed by atoms with E-state index in [1.54, 1.807) is 30.9 Å². The number of halogens is 1. The maximum absolute atomic E-state index is 13.7. The fraction of sp³-hybridized carbons (Fsp3) is 0.414. The van der Waals surface area contributed by atoms with Crippen molar-refractivity contribution in [2.24, 2.45) is 12.8 Å². The molecule has 41 heavy (non-hydrogen) atoms. The Balaban J connectivity index is 0.00000462. The van der Waals surface area contributed by atoms with E-state index in [2.05, 4.69) is 10.6 Å². The van der Waals surface area contributed by atoms with Crippen LogP contribution in [-0.4, -0.2) is 57.8 Å². The number of fused-ring (bicyclic) bond motifs is 1. The standard InChI is InChI=1S/C29H37N7O4.ClH/c1-4-40-26(38)14-13-25(37)34-29(2,28(39)36-15-5-6-16-36)20-9-12-23-22(17-20)33-24(35(23)3)18-32-21-10-7-19(8-11-21)27(30)31;/h7-12,17,32H,4-6,13-16,18H2,1-3H3,(H3,30,31)(H,34,37);1H. The third kappa shape index (κ3) is 7.15. The largest absolute Gasteiger partial charge is 0.466 e. The summed E-state index contributed by atoms with van der Waals surface area (Å²) in [4.78, 5) is 45.0. The van der Waals surface area contributed by atoms with Crippen LogP contribution < -0.4 is 16.4 Å². The second kappa shape index (κ2) is 13.5. The third-order valence-electron chi connectivity index (χ3n) is 7.27. The molecule has 220 valence electrons. The summed E-state index contributed by atoms with van der Waals surface area (Å²) in [6, 6.07) is 12.9. The Kier molecular flexibility index (Phi) is 10.3. The van der Waals surface area contributed by atoms with E-state index in [4.69, 9.17) is 20.9 Å². The second-order valence-corrected chi connectivity index (χ2v) is 10.1. The van der Waals surface area contributed by atoms with E-state index >= 15 is 0 Å². The SMILES string of the molecule is CCOC(=O)CCC(=O)NC(C)(C(=O)N1CCCC1)c1ccc2c(c1)nc(CNc1ccc(C(=N)N)cc1)n2C.Cl. The molecule has 2 heterocycles. The van der Waals surface area contributed by atoms with Gasteiger partial charge in [0.1, 0.15) is 17.2 Å². The summed E-state index contributed by atoms with van der Waals surface area (Å²) in [6.45, 7) is 5.41. The zero-order valence-corrected chi connectivity index (χ0v) is 24.5. The normalized spacial score (nSPS) is 14.2. The van der Waals surface area contributed by atoms with E-state index in [0.717, 1.165) is 29.9 Å². The number of benzene rings is 2. The number of imidazole rings is 1. The van der Waals surface area contributed by atoms with Crippen molar-refractivity contribution < 1.29 is 19.1 Å². The summed E-state index contributed by atoms with van der Waals surface area (Å²) >= 11 is 0. The molecular formula is C29H38ClN7O4. The molecule has 1 fully saturated rings. The monoisotopic (exact) mass is 583 g/mol. The van der Waals surface area contributed by atoms with E-state index in [0.29, 0.717) is 36.3 Å². The molecule has 11 nitrogen and oxygen atoms in total. The van der Waals surface area contributed by atoms with Gasteiger partial charge in [0.05, 0.1) is 30.6 Å². The van der Waals surface area contributed by atoms with E-state index in [9.17, 15) is 14.4 Å². The number of rotatable bonds is 11. The van der Waals surface area contributed by atoms with Crippen molar-refractivity contribution in [1.82, 2.24) is 19.8 Å². The summed E-state index contributed by atoms with van der Waals surface area (Å²) in [5.74, 6) is -0.224. The van der Waals surface area contributed by atoms with Gasteiger partial charge in [-0.1, -0.05) is 6.07 Å². The van der Waals surface area contributed by atoms with E-state index in [1.165, 1.54) is 0 Å². The molecule has 0 spiro atoms. The fourth-order valence-electron chi connectivity index (χ4n) is 4.94. The number of carbonyl (C=O) groups excluding carboxylic acids is 3. The number of hydrogen-bond donors (Lipinski definition) is 4. The molecule has 4 rings (SSSR count). The molecule has 1 atom stereocenters. The molecule has 1 aliphatic rings. The number of amides is 2. The minimum Gasteiger partial charge on any atom is -0.466 e. The Bertz CT molecular complexity index is 1420. The summed E-state index contributed by atoms with van der Waals surface area (Å²) in [5, 5.41) is 13.8. The number of nitrogens with one attached hydrogen (secondary N) is 3. The van der Waals surface area contributed by atoms with Crippen LogP contribution in [0.5, 0.6) is 0 Å². The van der Waals surface area contributed by atoms with Crippen molar-refractivity contribution in [3.05, 3.63) is 59.4 Å². The summed E-state index contributed by atoms with van der Waals surface area (Å²) in [5.41, 5.74) is 7.95. The minimum absolute atomic E-state index is 0. The van der Waals surface area contributed by atoms with Gasteiger partial charge in [-0.15, -0.1) is 12.4 Å². The predicted molar refractivity (Wildman–Crippen MR) is 160 cm³/mol. The molecule has 5 N–H and O–H groups in total. The molecule has 0 bridgehead atoms. The van der Waals surface area contributed by atoms with Crippen LogP contribution in [0.15, 0.2) is 42.5 Å². The lowest BCUT2D eigenvalue weighted by Crippen LogP contribution is -2.55. The maximum atomic E-state index is 13.7. The lowest BCUT2D eigenvalue weighted by atomic mass is 9.89. The summed E-state index contributed by atoms with van der Waals surface area (Å²) in [6.07, 6.45) is 1.72. The highest BCUT2D eigenvalue weighted by Gasteiger charge is 2.41. The van der Waals surface area contributed by atoms with Crippen molar-refractivity contribution in [3.8, 4) is 0 Å². The van der Waals surface area contributed by atoms with E-state index in [1.807, 2.05) is 41.9 Å². The van der Waals surface area contributed by atoms with Crippen molar-refractivity contribution in [2.75, 3.05) is 25.0 Å². The average Bonchev–Trinajstić information content (AvgIpc) is 3.59. The first-order chi connectivity index (χ1) is 19.1. The maximum Gasteiger partial charge on any atom is 0.306 e. The highest BCUT2D eigenvalue weighted by Crippen LogP contribution is 2.29. The number of amidine groups is 1. The Morgan fingerprint density at radius 2 is 1.78 bits per heavy atom. The molecule has 1 unspecified atom stereocenters. The molecule has 12 heteroatoms. The Morgan fingerprint density at radius 3 is 2.41 bits per heavy atom. The van der Waals surface area contributed by atoms with Crippen LogP contribution in [0.4, 0.5) is 5.69 Å². The number of anilines is 1. The molecule has 0 aliphatic carbocycles. The quantitative estimate of drug-likeness (QED) is 0.153. The van der Waals surface area contributed by atoms with Crippen LogP contribution >= 0.6 is 12.4 Å². The van der Waals surface area contributed by atoms with Crippen molar-refractivity contribution in [2.45, 2.75) is 51.6 Å². The van der Waals surface area contributed by atoms with Gasteiger partial charge in [0.15, 0.2) is 0 Å². The molecule has 1 aliphatic heterocycles. The zero-order valence-electron chi connectivity index (χ0n) is 23.7. The molecule has 0 radical (unpaired) electrons. The van der Waals surface area contributed by atoms with Crippen LogP contribution in [0.25, 0.3) is 11.0 Å². The predicted octanol–water partition coefficient (Wildman–Crippen LogP) is 3.19. The van der Waals surface area contributed by atoms with Crippen molar-refractivity contribution in [3.63, 3.8) is 0 Å². The number of carbonyl (C=O) groups is 3. The van der Waals surface area contributed by atoms with Crippen LogP contribution in [0.2, 0.25) is 0 Å². The van der Waals surface area contributed by atoms with Crippen molar-refractivity contribution >= 4 is 52.7 Å². The average molecular weight is 584 g/mol. The van der Waals surface area contributed by atoms with Gasteiger partial charge in [-0.3, -0.25) is 19.8 Å². The fourth-order valence-corrected chi connectivity index (χ4v) is 4.94. The molecule has 3 aromatic rings. The van der Waals surface area contributed by atoms with Gasteiger partial charge in [0.2, 0.25) is 5.91 Å².